The predicted molar refractivity (Wildman–Crippen MR) is 94.9 cm³/mol. The van der Waals surface area contributed by atoms with Gasteiger partial charge in [-0.1, -0.05) is 72.4 Å². The van der Waals surface area contributed by atoms with Crippen molar-refractivity contribution in [2.75, 3.05) is 6.61 Å². The minimum atomic E-state index is -1.55. The number of rotatable bonds is 4. The van der Waals surface area contributed by atoms with Crippen LogP contribution in [0.15, 0.2) is 65.7 Å². The van der Waals surface area contributed by atoms with Gasteiger partial charge in [-0.25, -0.2) is 9.79 Å². The summed E-state index contributed by atoms with van der Waals surface area (Å²) in [5, 5.41) is 13.9. The molecule has 0 bridgehead atoms. The van der Waals surface area contributed by atoms with Gasteiger partial charge < -0.3 is 15.2 Å². The Morgan fingerprint density at radius 3 is 2.46 bits per heavy atom. The number of alkyl carbamates (subject to hydrolysis) is 1. The van der Waals surface area contributed by atoms with Crippen LogP contribution in [0.25, 0.3) is 0 Å². The summed E-state index contributed by atoms with van der Waals surface area (Å²) in [5.41, 5.74) is -0.0422. The summed E-state index contributed by atoms with van der Waals surface area (Å²) >= 11 is 1.31. The van der Waals surface area contributed by atoms with Crippen molar-refractivity contribution in [1.82, 2.24) is 5.32 Å². The van der Waals surface area contributed by atoms with Crippen LogP contribution >= 0.6 is 11.8 Å². The van der Waals surface area contributed by atoms with E-state index in [1.54, 1.807) is 19.1 Å². The van der Waals surface area contributed by atoms with Crippen molar-refractivity contribution in [2.45, 2.75) is 18.0 Å². The fourth-order valence-corrected chi connectivity index (χ4v) is 3.65. The van der Waals surface area contributed by atoms with Gasteiger partial charge in [0.05, 0.1) is 6.61 Å². The van der Waals surface area contributed by atoms with Crippen molar-refractivity contribution in [3.05, 3.63) is 71.8 Å². The first-order valence-electron chi connectivity index (χ1n) is 7.66. The smallest absolute Gasteiger partial charge is 0.408 e. The molecule has 2 N–H and O–H groups in total. The molecule has 6 heteroatoms. The Morgan fingerprint density at radius 1 is 1.21 bits per heavy atom. The third-order valence-corrected chi connectivity index (χ3v) is 4.84. The molecule has 0 unspecified atom stereocenters. The van der Waals surface area contributed by atoms with Crippen molar-refractivity contribution in [3.63, 3.8) is 0 Å². The lowest BCUT2D eigenvalue weighted by molar-refractivity contribution is 0.0361. The van der Waals surface area contributed by atoms with E-state index in [-0.39, 0.29) is 6.61 Å². The van der Waals surface area contributed by atoms with Gasteiger partial charge in [0.1, 0.15) is 10.4 Å². The highest BCUT2D eigenvalue weighted by atomic mass is 32.2. The lowest BCUT2D eigenvalue weighted by atomic mass is 10.0. The van der Waals surface area contributed by atoms with Crippen LogP contribution < -0.4 is 5.32 Å². The van der Waals surface area contributed by atoms with E-state index in [9.17, 15) is 9.90 Å². The molecule has 0 saturated carbocycles. The molecule has 2 atom stereocenters. The van der Waals surface area contributed by atoms with Crippen molar-refractivity contribution < 1.29 is 14.6 Å². The first-order chi connectivity index (χ1) is 11.6. The molecule has 1 aliphatic rings. The molecule has 1 heterocycles. The van der Waals surface area contributed by atoms with Crippen molar-refractivity contribution in [1.29, 1.82) is 0 Å². The standard InChI is InChI=1S/C18H18N2O3S/c1-2-23-17(21)19-16-18(22,14-11-7-4-8-12-14)20-15(24-16)13-9-5-3-6-10-13/h3-12,16,22H,2H2,1H3,(H,19,21)/t16-,18-/m0/s1. The van der Waals surface area contributed by atoms with E-state index < -0.39 is 17.2 Å². The summed E-state index contributed by atoms with van der Waals surface area (Å²) in [6.07, 6.45) is -0.575. The maximum atomic E-state index is 11.9. The lowest BCUT2D eigenvalue weighted by Crippen LogP contribution is -2.45. The summed E-state index contributed by atoms with van der Waals surface area (Å²) < 4.78 is 4.95. The van der Waals surface area contributed by atoms with E-state index >= 15 is 0 Å². The molecule has 0 aliphatic carbocycles. The maximum Gasteiger partial charge on any atom is 0.408 e. The molecule has 2 aromatic rings. The van der Waals surface area contributed by atoms with Gasteiger partial charge in [-0.05, 0) is 6.92 Å². The number of nitrogens with zero attached hydrogens (tertiary/aromatic N) is 1. The maximum absolute atomic E-state index is 11.9. The number of hydrogen-bond donors (Lipinski definition) is 2. The summed E-state index contributed by atoms with van der Waals surface area (Å²) in [6, 6.07) is 18.7. The Bertz CT molecular complexity index is 736. The zero-order chi connectivity index (χ0) is 17.0. The quantitative estimate of drug-likeness (QED) is 0.896. The summed E-state index contributed by atoms with van der Waals surface area (Å²) in [5.74, 6) is 0. The molecule has 24 heavy (non-hydrogen) atoms. The Kier molecular flexibility index (Phi) is 4.87. The number of ether oxygens (including phenoxy) is 1. The van der Waals surface area contributed by atoms with Crippen LogP contribution in [0, 0.1) is 0 Å². The van der Waals surface area contributed by atoms with Gasteiger partial charge in [0.25, 0.3) is 0 Å². The Morgan fingerprint density at radius 2 is 1.83 bits per heavy atom. The number of aliphatic hydroxyl groups is 1. The molecular formula is C18H18N2O3S. The average Bonchev–Trinajstić information content (AvgIpc) is 2.95. The molecule has 5 nitrogen and oxygen atoms in total. The van der Waals surface area contributed by atoms with Crippen LogP contribution in [0.3, 0.4) is 0 Å². The third-order valence-electron chi connectivity index (χ3n) is 3.61. The van der Waals surface area contributed by atoms with Gasteiger partial charge in [-0.2, -0.15) is 0 Å². The first-order valence-corrected chi connectivity index (χ1v) is 8.54. The molecule has 3 rings (SSSR count). The SMILES string of the molecule is CCOC(=O)N[C@H]1SC(c2ccccc2)=N[C@]1(O)c1ccccc1. The Balaban J connectivity index is 1.96. The number of hydrogen-bond acceptors (Lipinski definition) is 5. The molecule has 0 fully saturated rings. The van der Waals surface area contributed by atoms with Crippen LogP contribution in [-0.2, 0) is 10.5 Å². The highest BCUT2D eigenvalue weighted by Gasteiger charge is 2.46. The molecule has 0 aromatic heterocycles. The molecular weight excluding hydrogens is 324 g/mol. The van der Waals surface area contributed by atoms with Gasteiger partial charge in [-0.15, -0.1) is 0 Å². The second-order valence-electron chi connectivity index (χ2n) is 5.24. The Labute approximate surface area is 144 Å². The molecule has 0 spiro atoms. The van der Waals surface area contributed by atoms with Crippen molar-refractivity contribution in [2.24, 2.45) is 4.99 Å². The monoisotopic (exact) mass is 342 g/mol. The highest BCUT2D eigenvalue weighted by Crippen LogP contribution is 2.41. The van der Waals surface area contributed by atoms with E-state index in [0.29, 0.717) is 10.6 Å². The number of nitrogens with one attached hydrogen (secondary N) is 1. The Hall–Kier alpha value is -2.31. The largest absolute Gasteiger partial charge is 0.450 e. The number of carbonyl (C=O) groups excluding carboxylic acids is 1. The van der Waals surface area contributed by atoms with Crippen LogP contribution in [0.2, 0.25) is 0 Å². The van der Waals surface area contributed by atoms with Gasteiger partial charge >= 0.3 is 6.09 Å². The second-order valence-corrected chi connectivity index (χ2v) is 6.33. The van der Waals surface area contributed by atoms with Crippen LogP contribution in [0.5, 0.6) is 0 Å². The zero-order valence-electron chi connectivity index (χ0n) is 13.2. The van der Waals surface area contributed by atoms with E-state index in [1.165, 1.54) is 11.8 Å². The predicted octanol–water partition coefficient (Wildman–Crippen LogP) is 3.10. The summed E-state index contributed by atoms with van der Waals surface area (Å²) in [7, 11) is 0. The van der Waals surface area contributed by atoms with Crippen molar-refractivity contribution in [3.8, 4) is 0 Å². The number of amides is 1. The molecule has 0 saturated heterocycles. The van der Waals surface area contributed by atoms with Gasteiger partial charge in [0.15, 0.2) is 0 Å². The highest BCUT2D eigenvalue weighted by molar-refractivity contribution is 8.15. The van der Waals surface area contributed by atoms with Gasteiger partial charge in [0.2, 0.25) is 5.72 Å². The first kappa shape index (κ1) is 16.5. The van der Waals surface area contributed by atoms with E-state index in [2.05, 4.69) is 10.3 Å². The average molecular weight is 342 g/mol. The van der Waals surface area contributed by atoms with Crippen LogP contribution in [0.4, 0.5) is 4.79 Å². The molecule has 0 radical (unpaired) electrons. The molecule has 124 valence electrons. The topological polar surface area (TPSA) is 70.9 Å². The zero-order valence-corrected chi connectivity index (χ0v) is 14.0. The number of thioether (sulfide) groups is 1. The van der Waals surface area contributed by atoms with E-state index in [1.807, 2.05) is 48.5 Å². The van der Waals surface area contributed by atoms with E-state index in [0.717, 1.165) is 5.56 Å². The second kappa shape index (κ2) is 7.07. The van der Waals surface area contributed by atoms with Crippen LogP contribution in [-0.4, -0.2) is 28.2 Å². The summed E-state index contributed by atoms with van der Waals surface area (Å²) in [6.45, 7) is 2.00. The van der Waals surface area contributed by atoms with Crippen LogP contribution in [0.1, 0.15) is 18.1 Å². The number of benzene rings is 2. The fraction of sp³-hybridized carbons (Fsp3) is 0.222. The molecule has 1 aliphatic heterocycles. The van der Waals surface area contributed by atoms with Gasteiger partial charge in [0, 0.05) is 11.1 Å². The minimum absolute atomic E-state index is 0.263. The fourth-order valence-electron chi connectivity index (χ4n) is 2.46. The van der Waals surface area contributed by atoms with Gasteiger partial charge in [-0.3, -0.25) is 0 Å². The minimum Gasteiger partial charge on any atom is -0.450 e. The molecule has 2 aromatic carbocycles. The third kappa shape index (κ3) is 3.29. The normalized spacial score (nSPS) is 22.8. The number of carbonyl (C=O) groups is 1. The summed E-state index contributed by atoms with van der Waals surface area (Å²) in [4.78, 5) is 16.4. The van der Waals surface area contributed by atoms with Crippen molar-refractivity contribution >= 4 is 22.9 Å². The molecule has 1 amide bonds. The number of aliphatic imine (C=N–C) groups is 1. The van der Waals surface area contributed by atoms with E-state index in [4.69, 9.17) is 4.74 Å². The lowest BCUT2D eigenvalue weighted by Gasteiger charge is -2.27.